The molecular formula is C14H26N2O2. The molecule has 2 aliphatic rings. The summed E-state index contributed by atoms with van der Waals surface area (Å²) >= 11 is 0. The molecule has 2 fully saturated rings. The number of carbonyl (C=O) groups is 1. The second-order valence-corrected chi connectivity index (χ2v) is 6.10. The van der Waals surface area contributed by atoms with Gasteiger partial charge in [-0.1, -0.05) is 0 Å². The zero-order valence-electron chi connectivity index (χ0n) is 11.6. The molecule has 18 heavy (non-hydrogen) atoms. The van der Waals surface area contributed by atoms with Gasteiger partial charge >= 0.3 is 5.97 Å². The normalized spacial score (nSPS) is 31.7. The topological polar surface area (TPSA) is 52.6 Å². The highest BCUT2D eigenvalue weighted by molar-refractivity contribution is 5.73. The van der Waals surface area contributed by atoms with E-state index in [0.29, 0.717) is 12.0 Å². The van der Waals surface area contributed by atoms with Crippen LogP contribution < -0.4 is 5.32 Å². The van der Waals surface area contributed by atoms with Crippen LogP contribution in [-0.4, -0.2) is 47.7 Å². The van der Waals surface area contributed by atoms with Gasteiger partial charge in [0, 0.05) is 6.04 Å². The van der Waals surface area contributed by atoms with Gasteiger partial charge in [0.2, 0.25) is 0 Å². The van der Waals surface area contributed by atoms with E-state index >= 15 is 0 Å². The molecule has 2 atom stereocenters. The molecule has 2 unspecified atom stereocenters. The van der Waals surface area contributed by atoms with Crippen LogP contribution in [0.3, 0.4) is 0 Å². The molecule has 0 aromatic carbocycles. The van der Waals surface area contributed by atoms with Crippen molar-refractivity contribution in [2.75, 3.05) is 19.6 Å². The van der Waals surface area contributed by atoms with Crippen molar-refractivity contribution in [1.82, 2.24) is 10.2 Å². The third kappa shape index (κ3) is 3.23. The molecular weight excluding hydrogens is 228 g/mol. The fourth-order valence-corrected chi connectivity index (χ4v) is 3.40. The molecule has 0 saturated carbocycles. The second kappa shape index (κ2) is 6.02. The summed E-state index contributed by atoms with van der Waals surface area (Å²) in [6.45, 7) is 7.84. The maximum Gasteiger partial charge on any atom is 0.320 e. The van der Waals surface area contributed by atoms with Gasteiger partial charge in [-0.25, -0.2) is 0 Å². The molecule has 0 aliphatic carbocycles. The predicted octanol–water partition coefficient (Wildman–Crippen LogP) is 1.56. The molecule has 4 nitrogen and oxygen atoms in total. The summed E-state index contributed by atoms with van der Waals surface area (Å²) < 4.78 is 0. The molecule has 2 N–H and O–H groups in total. The molecule has 0 spiro atoms. The number of hydrogen-bond donors (Lipinski definition) is 2. The zero-order valence-corrected chi connectivity index (χ0v) is 11.6. The highest BCUT2D eigenvalue weighted by atomic mass is 16.4. The monoisotopic (exact) mass is 254 g/mol. The number of hydrogen-bond acceptors (Lipinski definition) is 3. The number of aliphatic carboxylic acids is 1. The largest absolute Gasteiger partial charge is 0.480 e. The Hall–Kier alpha value is -0.610. The molecule has 104 valence electrons. The van der Waals surface area contributed by atoms with E-state index in [2.05, 4.69) is 24.1 Å². The lowest BCUT2D eigenvalue weighted by molar-refractivity contribution is -0.140. The number of rotatable bonds is 3. The summed E-state index contributed by atoms with van der Waals surface area (Å²) in [5, 5.41) is 12.1. The van der Waals surface area contributed by atoms with Crippen molar-refractivity contribution < 1.29 is 9.90 Å². The average molecular weight is 254 g/mol. The number of nitrogens with one attached hydrogen (secondary N) is 1. The summed E-state index contributed by atoms with van der Waals surface area (Å²) in [5.41, 5.74) is 0. The molecule has 2 heterocycles. The fraction of sp³-hybridized carbons (Fsp3) is 0.929. The molecule has 4 heteroatoms. The summed E-state index contributed by atoms with van der Waals surface area (Å²) in [7, 11) is 0. The van der Waals surface area contributed by atoms with Gasteiger partial charge < -0.3 is 15.3 Å². The Kier molecular flexibility index (Phi) is 4.62. The third-order valence-corrected chi connectivity index (χ3v) is 4.72. The Balaban J connectivity index is 1.76. The first kappa shape index (κ1) is 13.8. The lowest BCUT2D eigenvalue weighted by atomic mass is 9.79. The minimum absolute atomic E-state index is 0.308. The number of nitrogens with zero attached hydrogens (tertiary/aromatic N) is 1. The smallest absolute Gasteiger partial charge is 0.320 e. The van der Waals surface area contributed by atoms with Crippen LogP contribution in [0.15, 0.2) is 0 Å². The molecule has 0 amide bonds. The molecule has 0 bridgehead atoms. The summed E-state index contributed by atoms with van der Waals surface area (Å²) in [6.07, 6.45) is 4.44. The Morgan fingerprint density at radius 1 is 1.17 bits per heavy atom. The van der Waals surface area contributed by atoms with Crippen LogP contribution >= 0.6 is 0 Å². The van der Waals surface area contributed by atoms with Gasteiger partial charge in [-0.2, -0.15) is 0 Å². The van der Waals surface area contributed by atoms with E-state index in [0.717, 1.165) is 25.3 Å². The van der Waals surface area contributed by atoms with E-state index in [4.69, 9.17) is 5.11 Å². The van der Waals surface area contributed by atoms with Crippen molar-refractivity contribution in [3.63, 3.8) is 0 Å². The van der Waals surface area contributed by atoms with E-state index in [1.807, 2.05) is 0 Å². The number of carboxylic acid groups (broad SMARTS) is 1. The Labute approximate surface area is 110 Å². The van der Waals surface area contributed by atoms with Crippen LogP contribution in [0.4, 0.5) is 0 Å². The maximum absolute atomic E-state index is 10.9. The SMILES string of the molecule is CC(C)N1CCC(C2CCC(C(=O)O)NC2)CC1. The van der Waals surface area contributed by atoms with E-state index in [9.17, 15) is 4.79 Å². The summed E-state index contributed by atoms with van der Waals surface area (Å²) in [4.78, 5) is 13.4. The van der Waals surface area contributed by atoms with Crippen LogP contribution in [-0.2, 0) is 4.79 Å². The number of likely N-dealkylation sites (tertiary alicyclic amines) is 1. The van der Waals surface area contributed by atoms with Crippen molar-refractivity contribution in [2.45, 2.75) is 51.6 Å². The van der Waals surface area contributed by atoms with Gasteiger partial charge in [-0.15, -0.1) is 0 Å². The van der Waals surface area contributed by atoms with E-state index in [1.54, 1.807) is 0 Å². The number of carboxylic acids is 1. The minimum atomic E-state index is -0.692. The van der Waals surface area contributed by atoms with Crippen molar-refractivity contribution in [3.05, 3.63) is 0 Å². The summed E-state index contributed by atoms with van der Waals surface area (Å²) in [5.74, 6) is 0.792. The van der Waals surface area contributed by atoms with Gasteiger partial charge in [0.25, 0.3) is 0 Å². The minimum Gasteiger partial charge on any atom is -0.480 e. The van der Waals surface area contributed by atoms with Crippen molar-refractivity contribution >= 4 is 5.97 Å². The van der Waals surface area contributed by atoms with Crippen LogP contribution in [0.1, 0.15) is 39.5 Å². The Morgan fingerprint density at radius 3 is 2.28 bits per heavy atom. The van der Waals surface area contributed by atoms with E-state index in [1.165, 1.54) is 25.9 Å². The first-order valence-electron chi connectivity index (χ1n) is 7.28. The summed E-state index contributed by atoms with van der Waals surface area (Å²) in [6, 6.07) is 0.351. The maximum atomic E-state index is 10.9. The van der Waals surface area contributed by atoms with Crippen LogP contribution in [0.25, 0.3) is 0 Å². The first-order valence-corrected chi connectivity index (χ1v) is 7.28. The first-order chi connectivity index (χ1) is 8.58. The highest BCUT2D eigenvalue weighted by Crippen LogP contribution is 2.31. The van der Waals surface area contributed by atoms with Gasteiger partial charge in [0.15, 0.2) is 0 Å². The van der Waals surface area contributed by atoms with Crippen LogP contribution in [0, 0.1) is 11.8 Å². The molecule has 2 rings (SSSR count). The second-order valence-electron chi connectivity index (χ2n) is 6.10. The van der Waals surface area contributed by atoms with Gasteiger partial charge in [0.05, 0.1) is 0 Å². The molecule has 0 aromatic rings. The van der Waals surface area contributed by atoms with Crippen LogP contribution in [0.5, 0.6) is 0 Å². The third-order valence-electron chi connectivity index (χ3n) is 4.72. The van der Waals surface area contributed by atoms with Crippen molar-refractivity contribution in [3.8, 4) is 0 Å². The molecule has 0 radical (unpaired) electrons. The Morgan fingerprint density at radius 2 is 1.83 bits per heavy atom. The highest BCUT2D eigenvalue weighted by Gasteiger charge is 2.32. The van der Waals surface area contributed by atoms with Crippen LogP contribution in [0.2, 0.25) is 0 Å². The lowest BCUT2D eigenvalue weighted by Crippen LogP contribution is -2.48. The Bertz CT molecular complexity index is 278. The van der Waals surface area contributed by atoms with Crippen molar-refractivity contribution in [1.29, 1.82) is 0 Å². The van der Waals surface area contributed by atoms with Gasteiger partial charge in [-0.05, 0) is 71.0 Å². The van der Waals surface area contributed by atoms with E-state index in [-0.39, 0.29) is 6.04 Å². The van der Waals surface area contributed by atoms with Crippen molar-refractivity contribution in [2.24, 2.45) is 11.8 Å². The fourth-order valence-electron chi connectivity index (χ4n) is 3.40. The van der Waals surface area contributed by atoms with E-state index < -0.39 is 5.97 Å². The quantitative estimate of drug-likeness (QED) is 0.802. The predicted molar refractivity (Wildman–Crippen MR) is 71.6 cm³/mol. The lowest BCUT2D eigenvalue weighted by Gasteiger charge is -2.40. The number of piperidine rings is 2. The van der Waals surface area contributed by atoms with Gasteiger partial charge in [0.1, 0.15) is 6.04 Å². The zero-order chi connectivity index (χ0) is 13.1. The average Bonchev–Trinajstić information content (AvgIpc) is 2.39. The molecule has 2 saturated heterocycles. The molecule has 0 aromatic heterocycles. The molecule has 2 aliphatic heterocycles. The van der Waals surface area contributed by atoms with Gasteiger partial charge in [-0.3, -0.25) is 4.79 Å². The standard InChI is InChI=1S/C14H26N2O2/c1-10(2)16-7-5-11(6-8-16)12-3-4-13(14(17)18)15-9-12/h10-13,15H,3-9H2,1-2H3,(H,17,18).